The third-order valence-electron chi connectivity index (χ3n) is 6.52. The van der Waals surface area contributed by atoms with Crippen molar-refractivity contribution in [3.8, 4) is 11.3 Å². The number of aromatic nitrogens is 2. The van der Waals surface area contributed by atoms with Crippen LogP contribution in [0.2, 0.25) is 0 Å². The van der Waals surface area contributed by atoms with Crippen molar-refractivity contribution in [2.24, 2.45) is 0 Å². The quantitative estimate of drug-likeness (QED) is 0.399. The van der Waals surface area contributed by atoms with E-state index < -0.39 is 0 Å². The van der Waals surface area contributed by atoms with Gasteiger partial charge in [0.2, 0.25) is 0 Å². The van der Waals surface area contributed by atoms with Crippen LogP contribution < -0.4 is 5.32 Å². The Balaban J connectivity index is 1.62. The summed E-state index contributed by atoms with van der Waals surface area (Å²) in [5, 5.41) is 5.39. The summed E-state index contributed by atoms with van der Waals surface area (Å²) in [5.41, 5.74) is 5.68. The number of hydrogen-bond donors (Lipinski definition) is 2. The summed E-state index contributed by atoms with van der Waals surface area (Å²) in [5.74, 6) is 0.404. The molecule has 0 spiro atoms. The molecule has 0 aliphatic heterocycles. The first-order valence-corrected chi connectivity index (χ1v) is 11.4. The first-order valence-electron chi connectivity index (χ1n) is 11.4. The van der Waals surface area contributed by atoms with E-state index in [4.69, 9.17) is 4.98 Å². The van der Waals surface area contributed by atoms with E-state index in [2.05, 4.69) is 60.5 Å². The molecule has 1 aliphatic carbocycles. The average molecular weight is 412 g/mol. The lowest BCUT2D eigenvalue weighted by atomic mass is 9.95. The SMILES string of the molecule is CC(C)c1ccc(-c2nc(C(=O)NC3CCCCC3)cc3c2[nH]c2ccccc23)cc1. The topological polar surface area (TPSA) is 57.8 Å². The molecule has 1 amide bonds. The monoisotopic (exact) mass is 411 g/mol. The standard InChI is InChI=1S/C27H29N3O/c1-17(2)18-12-14-19(15-13-18)25-26-22(21-10-6-7-11-23(21)29-26)16-24(30-25)27(31)28-20-8-4-3-5-9-20/h6-7,10-17,20,29H,3-5,8-9H2,1-2H3,(H,28,31). The highest BCUT2D eigenvalue weighted by atomic mass is 16.1. The lowest BCUT2D eigenvalue weighted by molar-refractivity contribution is 0.0923. The number of para-hydroxylation sites is 1. The molecule has 4 heteroatoms. The van der Waals surface area contributed by atoms with Gasteiger partial charge in [-0.3, -0.25) is 4.79 Å². The molecule has 1 fully saturated rings. The van der Waals surface area contributed by atoms with Crippen LogP contribution in [0.4, 0.5) is 0 Å². The third-order valence-corrected chi connectivity index (χ3v) is 6.52. The highest BCUT2D eigenvalue weighted by Gasteiger charge is 2.20. The molecule has 0 unspecified atom stereocenters. The summed E-state index contributed by atoms with van der Waals surface area (Å²) in [7, 11) is 0. The van der Waals surface area contributed by atoms with Crippen molar-refractivity contribution in [2.75, 3.05) is 0 Å². The molecule has 0 radical (unpaired) electrons. The van der Waals surface area contributed by atoms with Crippen molar-refractivity contribution >= 4 is 27.7 Å². The Bertz CT molecular complexity index is 1230. The van der Waals surface area contributed by atoms with Crippen LogP contribution in [0.1, 0.15) is 67.9 Å². The molecular weight excluding hydrogens is 382 g/mol. The van der Waals surface area contributed by atoms with Gasteiger partial charge in [-0.2, -0.15) is 0 Å². The number of nitrogens with one attached hydrogen (secondary N) is 2. The zero-order chi connectivity index (χ0) is 21.4. The van der Waals surface area contributed by atoms with E-state index >= 15 is 0 Å². The Labute approximate surface area is 183 Å². The van der Waals surface area contributed by atoms with Crippen molar-refractivity contribution in [2.45, 2.75) is 57.9 Å². The smallest absolute Gasteiger partial charge is 0.270 e. The Hall–Kier alpha value is -3.14. The van der Waals surface area contributed by atoms with Crippen molar-refractivity contribution < 1.29 is 4.79 Å². The minimum absolute atomic E-state index is 0.0702. The summed E-state index contributed by atoms with van der Waals surface area (Å²) in [6.45, 7) is 4.39. The predicted octanol–water partition coefficient (Wildman–Crippen LogP) is 6.57. The molecule has 1 saturated carbocycles. The van der Waals surface area contributed by atoms with Crippen LogP contribution in [0.25, 0.3) is 33.1 Å². The van der Waals surface area contributed by atoms with Crippen LogP contribution in [0.5, 0.6) is 0 Å². The lowest BCUT2D eigenvalue weighted by Crippen LogP contribution is -2.36. The molecule has 5 rings (SSSR count). The highest BCUT2D eigenvalue weighted by Crippen LogP contribution is 2.33. The van der Waals surface area contributed by atoms with Gasteiger partial charge in [0.25, 0.3) is 5.91 Å². The second kappa shape index (κ2) is 8.18. The second-order valence-corrected chi connectivity index (χ2v) is 9.03. The van der Waals surface area contributed by atoms with Crippen molar-refractivity contribution in [1.82, 2.24) is 15.3 Å². The van der Waals surface area contributed by atoms with Gasteiger partial charge in [-0.25, -0.2) is 4.98 Å². The van der Waals surface area contributed by atoms with E-state index in [1.54, 1.807) is 0 Å². The van der Waals surface area contributed by atoms with E-state index in [1.165, 1.54) is 24.8 Å². The fraction of sp³-hybridized carbons (Fsp3) is 0.333. The molecule has 4 nitrogen and oxygen atoms in total. The summed E-state index contributed by atoms with van der Waals surface area (Å²) in [6, 6.07) is 19.0. The van der Waals surface area contributed by atoms with E-state index in [0.29, 0.717) is 11.6 Å². The Kier molecular flexibility index (Phi) is 5.23. The minimum Gasteiger partial charge on any atom is -0.353 e. The number of carbonyl (C=O) groups excluding carboxylic acids is 1. The van der Waals surface area contributed by atoms with Gasteiger partial charge >= 0.3 is 0 Å². The molecular formula is C27H29N3O. The molecule has 0 bridgehead atoms. The third kappa shape index (κ3) is 3.83. The maximum atomic E-state index is 13.2. The van der Waals surface area contributed by atoms with Crippen LogP contribution in [0.15, 0.2) is 54.6 Å². The van der Waals surface area contributed by atoms with Crippen LogP contribution in [0, 0.1) is 0 Å². The number of amides is 1. The van der Waals surface area contributed by atoms with Gasteiger partial charge in [0.1, 0.15) is 5.69 Å². The number of fused-ring (bicyclic) bond motifs is 3. The number of hydrogen-bond acceptors (Lipinski definition) is 2. The van der Waals surface area contributed by atoms with E-state index in [0.717, 1.165) is 45.9 Å². The number of H-pyrrole nitrogens is 1. The van der Waals surface area contributed by atoms with Crippen molar-refractivity contribution in [1.29, 1.82) is 0 Å². The first-order chi connectivity index (χ1) is 15.1. The summed E-state index contributed by atoms with van der Waals surface area (Å²) in [4.78, 5) is 21.6. The molecule has 1 aliphatic rings. The van der Waals surface area contributed by atoms with Gasteiger partial charge in [0.05, 0.1) is 11.2 Å². The largest absolute Gasteiger partial charge is 0.353 e. The summed E-state index contributed by atoms with van der Waals surface area (Å²) >= 11 is 0. The molecule has 2 aromatic heterocycles. The summed E-state index contributed by atoms with van der Waals surface area (Å²) < 4.78 is 0. The molecule has 158 valence electrons. The van der Waals surface area contributed by atoms with E-state index in [9.17, 15) is 4.79 Å². The van der Waals surface area contributed by atoms with Crippen LogP contribution in [-0.4, -0.2) is 21.9 Å². The van der Waals surface area contributed by atoms with Crippen LogP contribution in [0.3, 0.4) is 0 Å². The summed E-state index contributed by atoms with van der Waals surface area (Å²) in [6.07, 6.45) is 5.76. The normalized spacial score (nSPS) is 15.1. The maximum absolute atomic E-state index is 13.2. The fourth-order valence-electron chi connectivity index (χ4n) is 4.70. The number of carbonyl (C=O) groups is 1. The first kappa shape index (κ1) is 19.8. The van der Waals surface area contributed by atoms with Gasteiger partial charge in [-0.15, -0.1) is 0 Å². The zero-order valence-electron chi connectivity index (χ0n) is 18.2. The molecule has 4 aromatic rings. The second-order valence-electron chi connectivity index (χ2n) is 9.03. The van der Waals surface area contributed by atoms with Crippen molar-refractivity contribution in [3.63, 3.8) is 0 Å². The zero-order valence-corrected chi connectivity index (χ0v) is 18.2. The highest BCUT2D eigenvalue weighted by molar-refractivity contribution is 6.13. The fourth-order valence-corrected chi connectivity index (χ4v) is 4.70. The number of pyridine rings is 1. The lowest BCUT2D eigenvalue weighted by Gasteiger charge is -2.22. The Morgan fingerprint density at radius 2 is 1.74 bits per heavy atom. The number of rotatable bonds is 4. The van der Waals surface area contributed by atoms with Gasteiger partial charge in [-0.1, -0.05) is 75.6 Å². The van der Waals surface area contributed by atoms with E-state index in [1.807, 2.05) is 18.2 Å². The number of aromatic amines is 1. The minimum atomic E-state index is -0.0702. The number of benzene rings is 2. The van der Waals surface area contributed by atoms with Crippen molar-refractivity contribution in [3.05, 3.63) is 65.9 Å². The van der Waals surface area contributed by atoms with Gasteiger partial charge < -0.3 is 10.3 Å². The molecule has 2 aromatic carbocycles. The van der Waals surface area contributed by atoms with E-state index in [-0.39, 0.29) is 11.9 Å². The average Bonchev–Trinajstić information content (AvgIpc) is 3.18. The molecule has 31 heavy (non-hydrogen) atoms. The maximum Gasteiger partial charge on any atom is 0.270 e. The van der Waals surface area contributed by atoms with Gasteiger partial charge in [-0.05, 0) is 36.5 Å². The predicted molar refractivity (Wildman–Crippen MR) is 127 cm³/mol. The Morgan fingerprint density at radius 1 is 1.00 bits per heavy atom. The van der Waals surface area contributed by atoms with Crippen LogP contribution >= 0.6 is 0 Å². The molecule has 0 atom stereocenters. The van der Waals surface area contributed by atoms with Gasteiger partial charge in [0.15, 0.2) is 0 Å². The van der Waals surface area contributed by atoms with Crippen LogP contribution in [-0.2, 0) is 0 Å². The van der Waals surface area contributed by atoms with Gasteiger partial charge in [0, 0.05) is 27.9 Å². The number of nitrogens with zero attached hydrogens (tertiary/aromatic N) is 1. The molecule has 2 N–H and O–H groups in total. The molecule has 2 heterocycles. The molecule has 0 saturated heterocycles. The Morgan fingerprint density at radius 3 is 2.48 bits per heavy atom.